The van der Waals surface area contributed by atoms with Crippen molar-refractivity contribution in [2.75, 3.05) is 45.9 Å². The van der Waals surface area contributed by atoms with Crippen molar-refractivity contribution in [3.8, 4) is 0 Å². The Hall–Kier alpha value is -0.120. The maximum Gasteiger partial charge on any atom is 0.0593 e. The summed E-state index contributed by atoms with van der Waals surface area (Å²) < 4.78 is 5.75. The van der Waals surface area contributed by atoms with Crippen LogP contribution in [-0.4, -0.2) is 61.8 Å². The first-order valence-electron chi connectivity index (χ1n) is 9.19. The molecule has 0 aromatic rings. The third-order valence-corrected chi connectivity index (χ3v) is 5.28. The minimum Gasteiger partial charge on any atom is -0.380 e. The fourth-order valence-corrected chi connectivity index (χ4v) is 3.52. The second-order valence-electron chi connectivity index (χ2n) is 7.59. The Labute approximate surface area is 132 Å². The Bertz CT molecular complexity index is 266. The molecule has 0 unspecified atom stereocenters. The van der Waals surface area contributed by atoms with Crippen LogP contribution in [0.25, 0.3) is 0 Å². The first kappa shape index (κ1) is 17.2. The standard InChI is InChI=1S/C18H36N2O/c1-16(2)8-14-21-15-13-19-9-6-18(7-10-19)20-11-4-17(3)5-12-20/h16-18H,4-15H2,1-3H3. The van der Waals surface area contributed by atoms with Crippen LogP contribution in [0.3, 0.4) is 0 Å². The number of hydrogen-bond acceptors (Lipinski definition) is 3. The van der Waals surface area contributed by atoms with Gasteiger partial charge in [0.25, 0.3) is 0 Å². The molecule has 124 valence electrons. The van der Waals surface area contributed by atoms with Crippen molar-refractivity contribution in [2.45, 2.75) is 58.9 Å². The lowest BCUT2D eigenvalue weighted by Crippen LogP contribution is -2.48. The van der Waals surface area contributed by atoms with Gasteiger partial charge in [0.1, 0.15) is 0 Å². The highest BCUT2D eigenvalue weighted by Crippen LogP contribution is 2.23. The zero-order valence-electron chi connectivity index (χ0n) is 14.5. The van der Waals surface area contributed by atoms with Crippen LogP contribution in [0.15, 0.2) is 0 Å². The Balaban J connectivity index is 1.54. The van der Waals surface area contributed by atoms with Crippen molar-refractivity contribution < 1.29 is 4.74 Å². The molecule has 21 heavy (non-hydrogen) atoms. The van der Waals surface area contributed by atoms with Crippen molar-refractivity contribution in [1.82, 2.24) is 9.80 Å². The van der Waals surface area contributed by atoms with Crippen molar-refractivity contribution in [3.63, 3.8) is 0 Å². The molecule has 2 rings (SSSR count). The Morgan fingerprint density at radius 2 is 1.62 bits per heavy atom. The van der Waals surface area contributed by atoms with E-state index in [1.165, 1.54) is 58.3 Å². The molecule has 3 heteroatoms. The van der Waals surface area contributed by atoms with E-state index in [0.717, 1.165) is 37.6 Å². The van der Waals surface area contributed by atoms with Gasteiger partial charge in [0.2, 0.25) is 0 Å². The van der Waals surface area contributed by atoms with Crippen LogP contribution in [0, 0.1) is 11.8 Å². The Morgan fingerprint density at radius 1 is 0.952 bits per heavy atom. The SMILES string of the molecule is CC(C)CCOCCN1CCC(N2CCC(C)CC2)CC1. The molecule has 0 saturated carbocycles. The second kappa shape index (κ2) is 9.12. The van der Waals surface area contributed by atoms with Crippen LogP contribution in [0.4, 0.5) is 0 Å². The first-order chi connectivity index (χ1) is 10.1. The van der Waals surface area contributed by atoms with Crippen LogP contribution in [0.1, 0.15) is 52.9 Å². The van der Waals surface area contributed by atoms with Gasteiger partial charge in [-0.1, -0.05) is 20.8 Å². The van der Waals surface area contributed by atoms with Gasteiger partial charge in [0.05, 0.1) is 6.61 Å². The molecule has 2 saturated heterocycles. The Kier molecular flexibility index (Phi) is 7.48. The molecule has 0 amide bonds. The van der Waals surface area contributed by atoms with Gasteiger partial charge in [-0.3, -0.25) is 0 Å². The van der Waals surface area contributed by atoms with Gasteiger partial charge >= 0.3 is 0 Å². The molecule has 0 N–H and O–H groups in total. The number of rotatable bonds is 7. The lowest BCUT2D eigenvalue weighted by atomic mass is 9.95. The van der Waals surface area contributed by atoms with E-state index < -0.39 is 0 Å². The fourth-order valence-electron chi connectivity index (χ4n) is 3.52. The zero-order chi connectivity index (χ0) is 15.1. The van der Waals surface area contributed by atoms with Crippen LogP contribution >= 0.6 is 0 Å². The normalized spacial score (nSPS) is 24.0. The molecule has 0 radical (unpaired) electrons. The molecule has 2 fully saturated rings. The third-order valence-electron chi connectivity index (χ3n) is 5.28. The monoisotopic (exact) mass is 296 g/mol. The van der Waals surface area contributed by atoms with E-state index in [9.17, 15) is 0 Å². The second-order valence-corrected chi connectivity index (χ2v) is 7.59. The minimum atomic E-state index is 0.757. The van der Waals surface area contributed by atoms with Crippen molar-refractivity contribution in [2.24, 2.45) is 11.8 Å². The topological polar surface area (TPSA) is 15.7 Å². The largest absolute Gasteiger partial charge is 0.380 e. The van der Waals surface area contributed by atoms with Gasteiger partial charge in [-0.15, -0.1) is 0 Å². The van der Waals surface area contributed by atoms with Crippen molar-refractivity contribution >= 4 is 0 Å². The highest BCUT2D eigenvalue weighted by molar-refractivity contribution is 4.82. The number of piperidine rings is 2. The van der Waals surface area contributed by atoms with E-state index in [1.807, 2.05) is 0 Å². The van der Waals surface area contributed by atoms with Gasteiger partial charge in [-0.2, -0.15) is 0 Å². The van der Waals surface area contributed by atoms with E-state index >= 15 is 0 Å². The summed E-state index contributed by atoms with van der Waals surface area (Å²) in [6.07, 6.45) is 6.73. The molecule has 2 aliphatic heterocycles. The van der Waals surface area contributed by atoms with Gasteiger partial charge < -0.3 is 14.5 Å². The number of nitrogens with zero attached hydrogens (tertiary/aromatic N) is 2. The van der Waals surface area contributed by atoms with Crippen LogP contribution in [-0.2, 0) is 4.74 Å². The van der Waals surface area contributed by atoms with E-state index in [0.29, 0.717) is 0 Å². The number of likely N-dealkylation sites (tertiary alicyclic amines) is 2. The predicted octanol–water partition coefficient (Wildman–Crippen LogP) is 3.25. The molecule has 0 aromatic carbocycles. The summed E-state index contributed by atoms with van der Waals surface area (Å²) in [5, 5.41) is 0. The summed E-state index contributed by atoms with van der Waals surface area (Å²) in [6, 6.07) is 0.857. The van der Waals surface area contributed by atoms with Crippen molar-refractivity contribution in [3.05, 3.63) is 0 Å². The number of ether oxygens (including phenoxy) is 1. The van der Waals surface area contributed by atoms with Crippen LogP contribution in [0.5, 0.6) is 0 Å². The molecule has 2 aliphatic rings. The summed E-state index contributed by atoms with van der Waals surface area (Å²) >= 11 is 0. The lowest BCUT2D eigenvalue weighted by molar-refractivity contribution is 0.0562. The van der Waals surface area contributed by atoms with E-state index in [1.54, 1.807) is 0 Å². The molecule has 0 bridgehead atoms. The van der Waals surface area contributed by atoms with Crippen molar-refractivity contribution in [1.29, 1.82) is 0 Å². The molecular weight excluding hydrogens is 260 g/mol. The highest BCUT2D eigenvalue weighted by Gasteiger charge is 2.26. The molecule has 0 aliphatic carbocycles. The van der Waals surface area contributed by atoms with E-state index in [2.05, 4.69) is 30.6 Å². The molecule has 0 atom stereocenters. The average Bonchev–Trinajstić information content (AvgIpc) is 2.48. The maximum atomic E-state index is 5.75. The zero-order valence-corrected chi connectivity index (χ0v) is 14.5. The maximum absolute atomic E-state index is 5.75. The molecule has 0 aromatic heterocycles. The van der Waals surface area contributed by atoms with Gasteiger partial charge in [0, 0.05) is 19.2 Å². The van der Waals surface area contributed by atoms with E-state index in [4.69, 9.17) is 4.74 Å². The summed E-state index contributed by atoms with van der Waals surface area (Å²) in [7, 11) is 0. The third kappa shape index (κ3) is 6.25. The molecule has 3 nitrogen and oxygen atoms in total. The first-order valence-corrected chi connectivity index (χ1v) is 9.19. The van der Waals surface area contributed by atoms with Crippen LogP contribution < -0.4 is 0 Å². The molecule has 2 heterocycles. The van der Waals surface area contributed by atoms with E-state index in [-0.39, 0.29) is 0 Å². The van der Waals surface area contributed by atoms with Gasteiger partial charge in [0.15, 0.2) is 0 Å². The molecular formula is C18H36N2O. The number of hydrogen-bond donors (Lipinski definition) is 0. The van der Waals surface area contributed by atoms with Crippen LogP contribution in [0.2, 0.25) is 0 Å². The minimum absolute atomic E-state index is 0.757. The summed E-state index contributed by atoms with van der Waals surface area (Å²) in [5.41, 5.74) is 0. The fraction of sp³-hybridized carbons (Fsp3) is 1.00. The lowest BCUT2D eigenvalue weighted by Gasteiger charge is -2.41. The predicted molar refractivity (Wildman–Crippen MR) is 89.7 cm³/mol. The molecule has 0 spiro atoms. The highest BCUT2D eigenvalue weighted by atomic mass is 16.5. The smallest absolute Gasteiger partial charge is 0.0593 e. The Morgan fingerprint density at radius 3 is 2.24 bits per heavy atom. The summed E-state index contributed by atoms with van der Waals surface area (Å²) in [5.74, 6) is 1.71. The summed E-state index contributed by atoms with van der Waals surface area (Å²) in [4.78, 5) is 5.36. The average molecular weight is 296 g/mol. The quantitative estimate of drug-likeness (QED) is 0.671. The van der Waals surface area contributed by atoms with Gasteiger partial charge in [-0.05, 0) is 70.1 Å². The summed E-state index contributed by atoms with van der Waals surface area (Å²) in [6.45, 7) is 15.1. The van der Waals surface area contributed by atoms with Gasteiger partial charge in [-0.25, -0.2) is 0 Å².